The van der Waals surface area contributed by atoms with Crippen LogP contribution in [0.1, 0.15) is 44.0 Å². The number of oxazole rings is 1. The number of hydrogen-bond acceptors (Lipinski definition) is 9. The van der Waals surface area contributed by atoms with Crippen LogP contribution in [-0.2, 0) is 4.74 Å². The zero-order chi connectivity index (χ0) is 25.6. The molecule has 12 nitrogen and oxygen atoms in total. The van der Waals surface area contributed by atoms with Crippen molar-refractivity contribution in [2.24, 2.45) is 0 Å². The van der Waals surface area contributed by atoms with Crippen molar-refractivity contribution in [3.8, 4) is 0 Å². The van der Waals surface area contributed by atoms with Crippen molar-refractivity contribution in [1.82, 2.24) is 24.9 Å². The molecule has 2 amide bonds. The van der Waals surface area contributed by atoms with Gasteiger partial charge in [-0.2, -0.15) is 9.61 Å². The van der Waals surface area contributed by atoms with Gasteiger partial charge in [0.2, 0.25) is 0 Å². The van der Waals surface area contributed by atoms with Crippen LogP contribution in [0.4, 0.5) is 22.1 Å². The summed E-state index contributed by atoms with van der Waals surface area (Å²) in [7, 11) is 1.55. The normalized spacial score (nSPS) is 17.6. The number of aromatic nitrogens is 4. The van der Waals surface area contributed by atoms with E-state index in [2.05, 4.69) is 25.7 Å². The number of para-hydroxylation sites is 1. The monoisotopic (exact) mass is 493 g/mol. The number of nitrogens with one attached hydrogen (secondary N) is 2. The van der Waals surface area contributed by atoms with Gasteiger partial charge < -0.3 is 24.9 Å². The number of aliphatic hydroxyl groups is 1. The first kappa shape index (κ1) is 23.5. The first-order chi connectivity index (χ1) is 17.1. The molecule has 1 aliphatic rings. The van der Waals surface area contributed by atoms with Crippen LogP contribution in [0.15, 0.2) is 41.3 Å². The van der Waals surface area contributed by atoms with Crippen molar-refractivity contribution in [3.05, 3.63) is 42.4 Å². The van der Waals surface area contributed by atoms with Gasteiger partial charge in [0.05, 0.1) is 24.0 Å². The van der Waals surface area contributed by atoms with E-state index in [1.165, 1.54) is 22.0 Å². The molecular weight excluding hydrogens is 466 g/mol. The highest BCUT2D eigenvalue weighted by Gasteiger charge is 2.32. The number of benzene rings is 1. The zero-order valence-electron chi connectivity index (χ0n) is 20.3. The molecule has 4 aromatic rings. The van der Waals surface area contributed by atoms with Crippen LogP contribution in [0.3, 0.4) is 0 Å². The average Bonchev–Trinajstić information content (AvgIpc) is 3.47. The van der Waals surface area contributed by atoms with Crippen molar-refractivity contribution >= 4 is 46.1 Å². The SMILES string of the molecule is CN(C(=O)OC(C)(C)C)c1cc(Nc2cccc3ocnc23)nc2c(C(=O)N[C@H]3CC[C@@H]3O)cnn12. The van der Waals surface area contributed by atoms with E-state index in [4.69, 9.17) is 9.15 Å². The highest BCUT2D eigenvalue weighted by Crippen LogP contribution is 2.29. The standard InChI is InChI=1S/C24H27N7O5/c1-24(2,3)36-23(34)30(4)19-10-18(27-15-6-5-7-17-20(15)25-12-35-17)29-21-13(11-26-31(19)21)22(33)28-14-8-9-16(14)32/h5-7,10-12,14,16,32H,8-9H2,1-4H3,(H,27,29)(H,28,33)/t14-,16-/m0/s1. The topological polar surface area (TPSA) is 147 Å². The van der Waals surface area contributed by atoms with E-state index in [-0.39, 0.29) is 17.3 Å². The molecule has 0 saturated heterocycles. The summed E-state index contributed by atoms with van der Waals surface area (Å²) in [5, 5.41) is 20.2. The number of anilines is 3. The third-order valence-corrected chi connectivity index (χ3v) is 5.89. The van der Waals surface area contributed by atoms with Crippen molar-refractivity contribution in [2.45, 2.75) is 51.4 Å². The van der Waals surface area contributed by atoms with E-state index in [0.29, 0.717) is 41.3 Å². The first-order valence-electron chi connectivity index (χ1n) is 11.5. The molecule has 0 bridgehead atoms. The molecule has 0 unspecified atom stereocenters. The number of amides is 2. The predicted molar refractivity (Wildman–Crippen MR) is 131 cm³/mol. The quantitative estimate of drug-likeness (QED) is 0.381. The largest absolute Gasteiger partial charge is 0.443 e. The predicted octanol–water partition coefficient (Wildman–Crippen LogP) is 3.24. The number of rotatable bonds is 5. The minimum absolute atomic E-state index is 0.205. The molecule has 188 valence electrons. The van der Waals surface area contributed by atoms with Crippen LogP contribution < -0.4 is 15.5 Å². The van der Waals surface area contributed by atoms with Gasteiger partial charge in [0, 0.05) is 13.1 Å². The number of hydrogen-bond donors (Lipinski definition) is 3. The number of fused-ring (bicyclic) bond motifs is 2. The van der Waals surface area contributed by atoms with Crippen LogP contribution >= 0.6 is 0 Å². The molecule has 3 heterocycles. The Hall–Kier alpha value is -4.19. The average molecular weight is 494 g/mol. The molecule has 0 aliphatic heterocycles. The molecule has 0 spiro atoms. The Morgan fingerprint density at radius 3 is 2.78 bits per heavy atom. The Bertz CT molecular complexity index is 1450. The second-order valence-electron chi connectivity index (χ2n) is 9.69. The van der Waals surface area contributed by atoms with Crippen LogP contribution in [0.2, 0.25) is 0 Å². The van der Waals surface area contributed by atoms with Crippen molar-refractivity contribution in [3.63, 3.8) is 0 Å². The Labute approximate surface area is 206 Å². The second kappa shape index (κ2) is 8.79. The summed E-state index contributed by atoms with van der Waals surface area (Å²) in [6.07, 6.45) is 2.90. The molecule has 3 N–H and O–H groups in total. The number of nitrogens with zero attached hydrogens (tertiary/aromatic N) is 5. The molecule has 2 atom stereocenters. The van der Waals surface area contributed by atoms with E-state index in [9.17, 15) is 14.7 Å². The van der Waals surface area contributed by atoms with Gasteiger partial charge in [-0.1, -0.05) is 6.07 Å². The summed E-state index contributed by atoms with van der Waals surface area (Å²) in [5.41, 5.74) is 1.55. The number of carbonyl (C=O) groups excluding carboxylic acids is 2. The number of aliphatic hydroxyl groups excluding tert-OH is 1. The van der Waals surface area contributed by atoms with E-state index in [1.807, 2.05) is 12.1 Å². The maximum atomic E-state index is 13.0. The fraction of sp³-hybridized carbons (Fsp3) is 0.375. The number of carbonyl (C=O) groups is 2. The Morgan fingerprint density at radius 2 is 2.08 bits per heavy atom. The smallest absolute Gasteiger partial charge is 0.415 e. The highest BCUT2D eigenvalue weighted by atomic mass is 16.6. The minimum atomic E-state index is -0.708. The van der Waals surface area contributed by atoms with Crippen LogP contribution in [0, 0.1) is 0 Å². The molecule has 1 aromatic carbocycles. The molecule has 1 aliphatic carbocycles. The summed E-state index contributed by atoms with van der Waals surface area (Å²) in [4.78, 5) is 36.1. The first-order valence-corrected chi connectivity index (χ1v) is 11.5. The maximum absolute atomic E-state index is 13.0. The molecule has 0 radical (unpaired) electrons. The third kappa shape index (κ3) is 4.42. The van der Waals surface area contributed by atoms with Gasteiger partial charge in [-0.05, 0) is 45.7 Å². The summed E-state index contributed by atoms with van der Waals surface area (Å²) >= 11 is 0. The molecule has 3 aromatic heterocycles. The van der Waals surface area contributed by atoms with Gasteiger partial charge in [-0.25, -0.2) is 14.8 Å². The summed E-state index contributed by atoms with van der Waals surface area (Å²) in [6, 6.07) is 6.72. The van der Waals surface area contributed by atoms with Crippen molar-refractivity contribution < 1.29 is 23.8 Å². The van der Waals surface area contributed by atoms with Gasteiger partial charge in [0.1, 0.15) is 28.3 Å². The Kier molecular flexibility index (Phi) is 5.75. The lowest BCUT2D eigenvalue weighted by atomic mass is 9.89. The highest BCUT2D eigenvalue weighted by molar-refractivity contribution is 6.01. The number of ether oxygens (including phenoxy) is 1. The van der Waals surface area contributed by atoms with Gasteiger partial charge in [0.15, 0.2) is 17.6 Å². The lowest BCUT2D eigenvalue weighted by molar-refractivity contribution is 0.0448. The Morgan fingerprint density at radius 1 is 1.28 bits per heavy atom. The van der Waals surface area contributed by atoms with Gasteiger partial charge in [-0.15, -0.1) is 0 Å². The van der Waals surface area contributed by atoms with Crippen LogP contribution in [-0.4, -0.2) is 61.5 Å². The van der Waals surface area contributed by atoms with E-state index in [1.54, 1.807) is 40.0 Å². The second-order valence-corrected chi connectivity index (χ2v) is 9.69. The van der Waals surface area contributed by atoms with E-state index in [0.717, 1.165) is 0 Å². The van der Waals surface area contributed by atoms with E-state index < -0.39 is 23.7 Å². The van der Waals surface area contributed by atoms with Crippen LogP contribution in [0.25, 0.3) is 16.7 Å². The Balaban J connectivity index is 1.57. The molecule has 1 fully saturated rings. The fourth-order valence-corrected chi connectivity index (χ4v) is 3.86. The maximum Gasteiger partial charge on any atom is 0.415 e. The van der Waals surface area contributed by atoms with Gasteiger partial charge >= 0.3 is 6.09 Å². The summed E-state index contributed by atoms with van der Waals surface area (Å²) in [6.45, 7) is 5.33. The molecule has 12 heteroatoms. The fourth-order valence-electron chi connectivity index (χ4n) is 3.86. The minimum Gasteiger partial charge on any atom is -0.443 e. The molecule has 36 heavy (non-hydrogen) atoms. The lowest BCUT2D eigenvalue weighted by Crippen LogP contribution is -2.50. The summed E-state index contributed by atoms with van der Waals surface area (Å²) in [5.74, 6) is 0.260. The molecule has 1 saturated carbocycles. The third-order valence-electron chi connectivity index (χ3n) is 5.89. The van der Waals surface area contributed by atoms with E-state index >= 15 is 0 Å². The van der Waals surface area contributed by atoms with Gasteiger partial charge in [0.25, 0.3) is 5.91 Å². The lowest BCUT2D eigenvalue weighted by Gasteiger charge is -2.32. The summed E-state index contributed by atoms with van der Waals surface area (Å²) < 4.78 is 12.3. The van der Waals surface area contributed by atoms with Crippen molar-refractivity contribution in [1.29, 1.82) is 0 Å². The molecular formula is C24H27N7O5. The van der Waals surface area contributed by atoms with Crippen molar-refractivity contribution in [2.75, 3.05) is 17.3 Å². The zero-order valence-corrected chi connectivity index (χ0v) is 20.3. The van der Waals surface area contributed by atoms with Gasteiger partial charge in [-0.3, -0.25) is 9.69 Å². The van der Waals surface area contributed by atoms with Crippen LogP contribution in [0.5, 0.6) is 0 Å². The molecule has 5 rings (SSSR count).